The molecule has 0 aromatic carbocycles. The van der Waals surface area contributed by atoms with Crippen LogP contribution in [0.4, 0.5) is 5.13 Å². The molecule has 1 amide bonds. The van der Waals surface area contributed by atoms with Crippen LogP contribution in [0.3, 0.4) is 0 Å². The Labute approximate surface area is 138 Å². The van der Waals surface area contributed by atoms with Crippen molar-refractivity contribution < 1.29 is 17.6 Å². The summed E-state index contributed by atoms with van der Waals surface area (Å²) in [6.07, 6.45) is 0. The number of hydrogen-bond acceptors (Lipinski definition) is 7. The number of nitrogens with one attached hydrogen (secondary N) is 1. The number of furan rings is 1. The van der Waals surface area contributed by atoms with Crippen LogP contribution in [0.1, 0.15) is 40.9 Å². The standard InChI is InChI=1S/C13H18N4O4S2/c1-7(2)12-15-16-13(22-12)14-11(18)9-6-10(21-8(9)3)23(19,20)17(4)5/h6-7H,1-5H3,(H,14,16,18). The summed E-state index contributed by atoms with van der Waals surface area (Å²) in [6, 6.07) is 1.21. The predicted octanol–water partition coefficient (Wildman–Crippen LogP) is 2.07. The number of carbonyl (C=O) groups is 1. The molecule has 0 fully saturated rings. The number of nitrogens with zero attached hydrogens (tertiary/aromatic N) is 3. The maximum Gasteiger partial charge on any atom is 0.275 e. The number of sulfonamides is 1. The smallest absolute Gasteiger partial charge is 0.275 e. The molecule has 2 aromatic heterocycles. The van der Waals surface area contributed by atoms with Crippen LogP contribution in [0.2, 0.25) is 0 Å². The van der Waals surface area contributed by atoms with Gasteiger partial charge in [0.25, 0.3) is 15.9 Å². The molecule has 0 saturated carbocycles. The Morgan fingerprint density at radius 1 is 1.35 bits per heavy atom. The minimum atomic E-state index is -3.73. The Hall–Kier alpha value is -1.78. The van der Waals surface area contributed by atoms with Crippen molar-refractivity contribution >= 4 is 32.4 Å². The van der Waals surface area contributed by atoms with Crippen LogP contribution in [0.15, 0.2) is 15.6 Å². The van der Waals surface area contributed by atoms with Gasteiger partial charge in [0.05, 0.1) is 5.56 Å². The fourth-order valence-electron chi connectivity index (χ4n) is 1.67. The van der Waals surface area contributed by atoms with E-state index in [9.17, 15) is 13.2 Å². The van der Waals surface area contributed by atoms with E-state index < -0.39 is 15.9 Å². The van der Waals surface area contributed by atoms with E-state index >= 15 is 0 Å². The average Bonchev–Trinajstić information content (AvgIpc) is 3.05. The number of anilines is 1. The fraction of sp³-hybridized carbons (Fsp3) is 0.462. The highest BCUT2D eigenvalue weighted by Crippen LogP contribution is 2.25. The van der Waals surface area contributed by atoms with Gasteiger partial charge < -0.3 is 4.42 Å². The quantitative estimate of drug-likeness (QED) is 0.877. The first kappa shape index (κ1) is 17.6. The number of carbonyl (C=O) groups excluding carboxylic acids is 1. The summed E-state index contributed by atoms with van der Waals surface area (Å²) in [5.74, 6) is -0.0555. The van der Waals surface area contributed by atoms with Crippen molar-refractivity contribution in [1.29, 1.82) is 0 Å². The second kappa shape index (κ2) is 6.38. The van der Waals surface area contributed by atoms with Crippen molar-refractivity contribution in [1.82, 2.24) is 14.5 Å². The first-order valence-corrected chi connectivity index (χ1v) is 9.06. The zero-order valence-electron chi connectivity index (χ0n) is 13.4. The van der Waals surface area contributed by atoms with Gasteiger partial charge in [0.1, 0.15) is 10.8 Å². The lowest BCUT2D eigenvalue weighted by Gasteiger charge is -2.07. The third-order valence-electron chi connectivity index (χ3n) is 3.03. The highest BCUT2D eigenvalue weighted by atomic mass is 32.2. The minimum Gasteiger partial charge on any atom is -0.448 e. The molecule has 2 rings (SSSR count). The lowest BCUT2D eigenvalue weighted by atomic mass is 10.2. The van der Waals surface area contributed by atoms with E-state index in [1.165, 1.54) is 38.4 Å². The van der Waals surface area contributed by atoms with Gasteiger partial charge in [0.15, 0.2) is 0 Å². The van der Waals surface area contributed by atoms with Crippen molar-refractivity contribution in [3.05, 3.63) is 22.4 Å². The number of amides is 1. The van der Waals surface area contributed by atoms with Crippen molar-refractivity contribution in [3.63, 3.8) is 0 Å². The van der Waals surface area contributed by atoms with Crippen molar-refractivity contribution in [3.8, 4) is 0 Å². The van der Waals surface area contributed by atoms with Gasteiger partial charge in [-0.2, -0.15) is 0 Å². The average molecular weight is 358 g/mol. The van der Waals surface area contributed by atoms with E-state index in [-0.39, 0.29) is 22.3 Å². The number of aromatic nitrogens is 2. The summed E-state index contributed by atoms with van der Waals surface area (Å²) < 4.78 is 30.3. The van der Waals surface area contributed by atoms with Gasteiger partial charge in [-0.05, 0) is 6.92 Å². The molecule has 10 heteroatoms. The lowest BCUT2D eigenvalue weighted by Crippen LogP contribution is -2.21. The van der Waals surface area contributed by atoms with E-state index in [2.05, 4.69) is 15.5 Å². The molecular weight excluding hydrogens is 340 g/mol. The Bertz CT molecular complexity index is 821. The number of aryl methyl sites for hydroxylation is 1. The van der Waals surface area contributed by atoms with E-state index in [4.69, 9.17) is 4.42 Å². The van der Waals surface area contributed by atoms with Gasteiger partial charge in [-0.3, -0.25) is 10.1 Å². The Kier molecular flexibility index (Phi) is 4.87. The van der Waals surface area contributed by atoms with E-state index in [0.29, 0.717) is 5.13 Å². The summed E-state index contributed by atoms with van der Waals surface area (Å²) in [5.41, 5.74) is 0.145. The molecule has 0 radical (unpaired) electrons. The molecule has 0 spiro atoms. The van der Waals surface area contributed by atoms with Gasteiger partial charge in [-0.1, -0.05) is 25.2 Å². The maximum atomic E-state index is 12.3. The highest BCUT2D eigenvalue weighted by Gasteiger charge is 2.26. The van der Waals surface area contributed by atoms with Crippen molar-refractivity contribution in [2.24, 2.45) is 0 Å². The Balaban J connectivity index is 2.25. The second-order valence-electron chi connectivity index (χ2n) is 5.38. The molecule has 0 saturated heterocycles. The molecule has 0 bridgehead atoms. The first-order valence-electron chi connectivity index (χ1n) is 6.80. The highest BCUT2D eigenvalue weighted by molar-refractivity contribution is 7.88. The second-order valence-corrected chi connectivity index (χ2v) is 8.47. The molecule has 0 aliphatic carbocycles. The van der Waals surface area contributed by atoms with E-state index in [0.717, 1.165) is 9.31 Å². The molecule has 126 valence electrons. The third kappa shape index (κ3) is 3.59. The molecule has 8 nitrogen and oxygen atoms in total. The fourth-order valence-corrected chi connectivity index (χ4v) is 3.27. The Morgan fingerprint density at radius 3 is 2.52 bits per heavy atom. The van der Waals surface area contributed by atoms with Gasteiger partial charge in [0, 0.05) is 26.1 Å². The summed E-state index contributed by atoms with van der Waals surface area (Å²) in [6.45, 7) is 5.48. The predicted molar refractivity (Wildman–Crippen MR) is 86.3 cm³/mol. The summed E-state index contributed by atoms with van der Waals surface area (Å²) >= 11 is 1.28. The minimum absolute atomic E-state index is 0.145. The summed E-state index contributed by atoms with van der Waals surface area (Å²) in [5, 5.41) is 11.4. The normalized spacial score (nSPS) is 12.1. The first-order chi connectivity index (χ1) is 10.6. The SMILES string of the molecule is Cc1oc(S(=O)(=O)N(C)C)cc1C(=O)Nc1nnc(C(C)C)s1. The summed E-state index contributed by atoms with van der Waals surface area (Å²) in [4.78, 5) is 12.3. The molecule has 1 N–H and O–H groups in total. The van der Waals surface area contributed by atoms with Gasteiger partial charge >= 0.3 is 0 Å². The largest absolute Gasteiger partial charge is 0.448 e. The van der Waals surface area contributed by atoms with Crippen LogP contribution in [0.5, 0.6) is 0 Å². The monoisotopic (exact) mass is 358 g/mol. The van der Waals surface area contributed by atoms with Gasteiger partial charge in [0.2, 0.25) is 10.2 Å². The molecule has 0 aliphatic rings. The van der Waals surface area contributed by atoms with Crippen LogP contribution in [-0.4, -0.2) is 42.9 Å². The molecule has 2 aromatic rings. The van der Waals surface area contributed by atoms with Crippen LogP contribution < -0.4 is 5.32 Å². The zero-order valence-corrected chi connectivity index (χ0v) is 15.1. The van der Waals surface area contributed by atoms with Crippen LogP contribution in [-0.2, 0) is 10.0 Å². The molecule has 0 unspecified atom stereocenters. The molecule has 2 heterocycles. The van der Waals surface area contributed by atoms with Crippen LogP contribution in [0.25, 0.3) is 0 Å². The molecular formula is C13H18N4O4S2. The third-order valence-corrected chi connectivity index (χ3v) is 5.84. The number of rotatable bonds is 5. The van der Waals surface area contributed by atoms with Crippen molar-refractivity contribution in [2.45, 2.75) is 31.8 Å². The molecule has 23 heavy (non-hydrogen) atoms. The zero-order chi connectivity index (χ0) is 17.4. The lowest BCUT2D eigenvalue weighted by molar-refractivity contribution is 0.102. The summed E-state index contributed by atoms with van der Waals surface area (Å²) in [7, 11) is -0.950. The molecule has 0 aliphatic heterocycles. The maximum absolute atomic E-state index is 12.3. The van der Waals surface area contributed by atoms with Gasteiger partial charge in [-0.25, -0.2) is 12.7 Å². The molecule has 0 atom stereocenters. The topological polar surface area (TPSA) is 105 Å². The number of hydrogen-bond donors (Lipinski definition) is 1. The Morgan fingerprint density at radius 2 is 2.00 bits per heavy atom. The van der Waals surface area contributed by atoms with E-state index in [1.807, 2.05) is 13.8 Å². The van der Waals surface area contributed by atoms with Crippen LogP contribution >= 0.6 is 11.3 Å². The van der Waals surface area contributed by atoms with E-state index in [1.54, 1.807) is 0 Å². The van der Waals surface area contributed by atoms with Crippen LogP contribution in [0, 0.1) is 6.92 Å². The van der Waals surface area contributed by atoms with Gasteiger partial charge in [-0.15, -0.1) is 10.2 Å². The van der Waals surface area contributed by atoms with Crippen molar-refractivity contribution in [2.75, 3.05) is 19.4 Å².